The normalized spacial score (nSPS) is 12.7. The fourth-order valence-electron chi connectivity index (χ4n) is 2.85. The second-order valence-electron chi connectivity index (χ2n) is 5.70. The summed E-state index contributed by atoms with van der Waals surface area (Å²) in [6.07, 6.45) is 1.52. The van der Waals surface area contributed by atoms with Gasteiger partial charge in [-0.15, -0.1) is 12.4 Å². The van der Waals surface area contributed by atoms with Crippen LogP contribution < -0.4 is 15.2 Å². The van der Waals surface area contributed by atoms with Crippen LogP contribution in [0.3, 0.4) is 0 Å². The molecule has 1 heterocycles. The van der Waals surface area contributed by atoms with Crippen molar-refractivity contribution in [1.29, 1.82) is 0 Å². The number of carbonyl (C=O) groups is 1. The van der Waals surface area contributed by atoms with Crippen LogP contribution >= 0.6 is 12.4 Å². The molecule has 0 atom stereocenters. The van der Waals surface area contributed by atoms with Gasteiger partial charge in [0.25, 0.3) is 0 Å². The molecular formula is C17H27ClN2O3. The first-order chi connectivity index (χ1) is 10.6. The molecule has 0 saturated carbocycles. The van der Waals surface area contributed by atoms with Gasteiger partial charge in [-0.05, 0) is 37.5 Å². The fraction of sp³-hybridized carbons (Fsp3) is 0.588. The zero-order valence-corrected chi connectivity index (χ0v) is 14.9. The SMILES string of the molecule is CCN(Cc1ccc2c(c1)OCO2)C(=O)C(CC)(CC)CN.Cl. The molecule has 1 aromatic carbocycles. The van der Waals surface area contributed by atoms with E-state index >= 15 is 0 Å². The lowest BCUT2D eigenvalue weighted by Crippen LogP contribution is -2.47. The molecule has 0 fully saturated rings. The van der Waals surface area contributed by atoms with Gasteiger partial charge in [0.2, 0.25) is 12.7 Å². The summed E-state index contributed by atoms with van der Waals surface area (Å²) < 4.78 is 10.7. The number of nitrogens with two attached hydrogens (primary N) is 1. The Labute approximate surface area is 144 Å². The highest BCUT2D eigenvalue weighted by Gasteiger charge is 2.36. The zero-order valence-electron chi connectivity index (χ0n) is 14.1. The van der Waals surface area contributed by atoms with Gasteiger partial charge >= 0.3 is 0 Å². The molecule has 1 aliphatic rings. The zero-order chi connectivity index (χ0) is 16.2. The standard InChI is InChI=1S/C17H26N2O3.ClH/c1-4-17(5-2,11-18)16(20)19(6-3)10-13-7-8-14-15(9-13)22-12-21-14;/h7-9H,4-6,10-12,18H2,1-3H3;1H. The molecule has 0 radical (unpaired) electrons. The van der Waals surface area contributed by atoms with Crippen LogP contribution in [-0.4, -0.2) is 30.7 Å². The summed E-state index contributed by atoms with van der Waals surface area (Å²) in [6.45, 7) is 7.93. The first-order valence-electron chi connectivity index (χ1n) is 7.98. The Hall–Kier alpha value is -1.46. The van der Waals surface area contributed by atoms with Gasteiger partial charge < -0.3 is 20.1 Å². The lowest BCUT2D eigenvalue weighted by molar-refractivity contribution is -0.142. The number of ether oxygens (including phenoxy) is 2. The van der Waals surface area contributed by atoms with Gasteiger partial charge in [0.1, 0.15) is 0 Å². The fourth-order valence-corrected chi connectivity index (χ4v) is 2.85. The van der Waals surface area contributed by atoms with Crippen LogP contribution in [0.4, 0.5) is 0 Å². The van der Waals surface area contributed by atoms with E-state index in [9.17, 15) is 4.79 Å². The van der Waals surface area contributed by atoms with Gasteiger partial charge in [-0.25, -0.2) is 0 Å². The summed E-state index contributed by atoms with van der Waals surface area (Å²) in [5, 5.41) is 0. The largest absolute Gasteiger partial charge is 0.454 e. The summed E-state index contributed by atoms with van der Waals surface area (Å²) in [4.78, 5) is 14.8. The molecule has 0 unspecified atom stereocenters. The van der Waals surface area contributed by atoms with Crippen molar-refractivity contribution in [3.05, 3.63) is 23.8 Å². The Bertz CT molecular complexity index is 524. The highest BCUT2D eigenvalue weighted by atomic mass is 35.5. The van der Waals surface area contributed by atoms with Gasteiger partial charge in [-0.3, -0.25) is 4.79 Å². The number of nitrogens with zero attached hydrogens (tertiary/aromatic N) is 1. The van der Waals surface area contributed by atoms with Gasteiger partial charge in [-0.1, -0.05) is 19.9 Å². The van der Waals surface area contributed by atoms with Gasteiger partial charge in [0.05, 0.1) is 5.41 Å². The molecule has 1 aromatic rings. The molecule has 2 rings (SSSR count). The average molecular weight is 343 g/mol. The smallest absolute Gasteiger partial charge is 0.231 e. The summed E-state index contributed by atoms with van der Waals surface area (Å²) >= 11 is 0. The Morgan fingerprint density at radius 1 is 1.22 bits per heavy atom. The van der Waals surface area contributed by atoms with E-state index < -0.39 is 5.41 Å². The number of hydrogen-bond donors (Lipinski definition) is 1. The van der Waals surface area contributed by atoms with E-state index in [0.717, 1.165) is 29.9 Å². The van der Waals surface area contributed by atoms with Crippen molar-refractivity contribution in [2.75, 3.05) is 19.9 Å². The topological polar surface area (TPSA) is 64.8 Å². The van der Waals surface area contributed by atoms with Crippen molar-refractivity contribution in [3.8, 4) is 11.5 Å². The molecule has 0 aromatic heterocycles. The second-order valence-corrected chi connectivity index (χ2v) is 5.70. The number of benzene rings is 1. The van der Waals surface area contributed by atoms with Gasteiger partial charge in [-0.2, -0.15) is 0 Å². The number of halogens is 1. The monoisotopic (exact) mass is 342 g/mol. The van der Waals surface area contributed by atoms with Crippen LogP contribution in [-0.2, 0) is 11.3 Å². The molecule has 130 valence electrons. The minimum absolute atomic E-state index is 0. The van der Waals surface area contributed by atoms with Crippen LogP contribution in [0.5, 0.6) is 11.5 Å². The number of hydrogen-bond acceptors (Lipinski definition) is 4. The molecule has 23 heavy (non-hydrogen) atoms. The van der Waals surface area contributed by atoms with Gasteiger partial charge in [0, 0.05) is 19.6 Å². The van der Waals surface area contributed by atoms with E-state index in [1.807, 2.05) is 43.9 Å². The van der Waals surface area contributed by atoms with Crippen molar-refractivity contribution in [3.63, 3.8) is 0 Å². The molecule has 5 nitrogen and oxygen atoms in total. The Balaban J connectivity index is 0.00000264. The van der Waals surface area contributed by atoms with E-state index in [4.69, 9.17) is 15.2 Å². The van der Waals surface area contributed by atoms with Crippen LogP contribution in [0.15, 0.2) is 18.2 Å². The molecule has 0 spiro atoms. The minimum Gasteiger partial charge on any atom is -0.454 e. The molecule has 0 aliphatic carbocycles. The van der Waals surface area contributed by atoms with Crippen molar-refractivity contribution in [2.24, 2.45) is 11.1 Å². The third-order valence-corrected chi connectivity index (χ3v) is 4.68. The molecule has 1 aliphatic heterocycles. The maximum Gasteiger partial charge on any atom is 0.231 e. The summed E-state index contributed by atoms with van der Waals surface area (Å²) in [6, 6.07) is 5.82. The van der Waals surface area contributed by atoms with Crippen molar-refractivity contribution in [2.45, 2.75) is 40.2 Å². The summed E-state index contributed by atoms with van der Waals surface area (Å²) in [7, 11) is 0. The van der Waals surface area contributed by atoms with Gasteiger partial charge in [0.15, 0.2) is 11.5 Å². The van der Waals surface area contributed by atoms with Crippen molar-refractivity contribution >= 4 is 18.3 Å². The Morgan fingerprint density at radius 2 is 1.87 bits per heavy atom. The molecule has 6 heteroatoms. The molecular weight excluding hydrogens is 316 g/mol. The van der Waals surface area contributed by atoms with Crippen LogP contribution in [0, 0.1) is 5.41 Å². The van der Waals surface area contributed by atoms with E-state index in [0.29, 0.717) is 19.6 Å². The first-order valence-corrected chi connectivity index (χ1v) is 7.98. The summed E-state index contributed by atoms with van der Waals surface area (Å²) in [5.74, 6) is 1.65. The maximum absolute atomic E-state index is 12.9. The molecule has 0 bridgehead atoms. The number of rotatable bonds is 7. The second kappa shape index (κ2) is 8.41. The third-order valence-electron chi connectivity index (χ3n) is 4.68. The van der Waals surface area contributed by atoms with Crippen molar-refractivity contribution < 1.29 is 14.3 Å². The van der Waals surface area contributed by atoms with E-state index in [1.54, 1.807) is 0 Å². The molecule has 2 N–H and O–H groups in total. The number of fused-ring (bicyclic) bond motifs is 1. The van der Waals surface area contributed by atoms with Crippen LogP contribution in [0.1, 0.15) is 39.2 Å². The Morgan fingerprint density at radius 3 is 2.43 bits per heavy atom. The van der Waals surface area contributed by atoms with E-state index in [2.05, 4.69) is 0 Å². The highest BCUT2D eigenvalue weighted by Crippen LogP contribution is 2.33. The summed E-state index contributed by atoms with van der Waals surface area (Å²) in [5.41, 5.74) is 6.49. The van der Waals surface area contributed by atoms with Crippen LogP contribution in [0.25, 0.3) is 0 Å². The number of amides is 1. The minimum atomic E-state index is -0.452. The lowest BCUT2D eigenvalue weighted by Gasteiger charge is -2.34. The predicted molar refractivity (Wildman–Crippen MR) is 93.0 cm³/mol. The number of carbonyl (C=O) groups excluding carboxylic acids is 1. The molecule has 1 amide bonds. The maximum atomic E-state index is 12.9. The van der Waals surface area contributed by atoms with Crippen LogP contribution in [0.2, 0.25) is 0 Å². The molecule has 0 saturated heterocycles. The van der Waals surface area contributed by atoms with Crippen molar-refractivity contribution in [1.82, 2.24) is 4.90 Å². The highest BCUT2D eigenvalue weighted by molar-refractivity contribution is 5.85. The quantitative estimate of drug-likeness (QED) is 0.827. The lowest BCUT2D eigenvalue weighted by atomic mass is 9.81. The predicted octanol–water partition coefficient (Wildman–Crippen LogP) is 2.95. The van der Waals surface area contributed by atoms with E-state index in [1.165, 1.54) is 0 Å². The third kappa shape index (κ3) is 3.90. The Kier molecular flexibility index (Phi) is 7.16. The first kappa shape index (κ1) is 19.6. The average Bonchev–Trinajstić information content (AvgIpc) is 3.02. The van der Waals surface area contributed by atoms with E-state index in [-0.39, 0.29) is 25.1 Å².